The summed E-state index contributed by atoms with van der Waals surface area (Å²) in [7, 11) is 0. The molecule has 102 valence electrons. The lowest BCUT2D eigenvalue weighted by atomic mass is 10.1. The van der Waals surface area contributed by atoms with Crippen molar-refractivity contribution in [3.8, 4) is 6.07 Å². The van der Waals surface area contributed by atoms with Crippen LogP contribution in [0.25, 0.3) is 0 Å². The Bertz CT molecular complexity index is 479. The van der Waals surface area contributed by atoms with Crippen molar-refractivity contribution < 1.29 is 0 Å². The monoisotopic (exact) mass is 259 g/mol. The number of fused-ring (bicyclic) bond motifs is 1. The number of imidazole rings is 1. The highest BCUT2D eigenvalue weighted by Gasteiger charge is 2.20. The van der Waals surface area contributed by atoms with E-state index in [1.54, 1.807) is 0 Å². The normalized spacial score (nSPS) is 19.9. The molecule has 1 N–H and O–H groups in total. The van der Waals surface area contributed by atoms with Crippen molar-refractivity contribution in [3.05, 3.63) is 17.2 Å². The smallest absolute Gasteiger partial charge is 0.161 e. The van der Waals surface area contributed by atoms with E-state index < -0.39 is 0 Å². The Labute approximate surface area is 114 Å². The summed E-state index contributed by atoms with van der Waals surface area (Å²) >= 11 is 0. The van der Waals surface area contributed by atoms with Crippen molar-refractivity contribution in [2.45, 2.75) is 32.2 Å². The molecule has 5 heteroatoms. The molecule has 5 nitrogen and oxygen atoms in total. The van der Waals surface area contributed by atoms with Crippen LogP contribution in [-0.4, -0.2) is 47.2 Å². The zero-order chi connectivity index (χ0) is 13.1. The van der Waals surface area contributed by atoms with Gasteiger partial charge in [-0.3, -0.25) is 0 Å². The van der Waals surface area contributed by atoms with E-state index in [9.17, 15) is 5.26 Å². The average Bonchev–Trinajstić information content (AvgIpc) is 2.84. The minimum atomic E-state index is 0.662. The second kappa shape index (κ2) is 5.72. The van der Waals surface area contributed by atoms with Crippen molar-refractivity contribution in [2.75, 3.05) is 32.7 Å². The van der Waals surface area contributed by atoms with Gasteiger partial charge in [0, 0.05) is 45.7 Å². The Morgan fingerprint density at radius 3 is 2.84 bits per heavy atom. The Kier molecular flexibility index (Phi) is 3.81. The van der Waals surface area contributed by atoms with Gasteiger partial charge >= 0.3 is 0 Å². The highest BCUT2D eigenvalue weighted by Crippen LogP contribution is 2.20. The van der Waals surface area contributed by atoms with E-state index in [0.29, 0.717) is 5.69 Å². The first kappa shape index (κ1) is 12.6. The fourth-order valence-corrected chi connectivity index (χ4v) is 3.09. The second-order valence-electron chi connectivity index (χ2n) is 5.39. The minimum absolute atomic E-state index is 0.662. The maximum absolute atomic E-state index is 9.18. The fourth-order valence-electron chi connectivity index (χ4n) is 3.09. The highest BCUT2D eigenvalue weighted by atomic mass is 15.2. The van der Waals surface area contributed by atoms with Gasteiger partial charge in [-0.2, -0.15) is 5.26 Å². The molecule has 19 heavy (non-hydrogen) atoms. The van der Waals surface area contributed by atoms with Crippen LogP contribution in [-0.2, 0) is 19.4 Å². The zero-order valence-electron chi connectivity index (χ0n) is 11.4. The molecule has 0 radical (unpaired) electrons. The molecule has 0 atom stereocenters. The molecule has 1 saturated heterocycles. The first-order valence-corrected chi connectivity index (χ1v) is 7.30. The third kappa shape index (κ3) is 2.65. The predicted molar refractivity (Wildman–Crippen MR) is 72.9 cm³/mol. The molecule has 0 saturated carbocycles. The number of rotatable bonds is 3. The largest absolute Gasteiger partial charge is 0.331 e. The molecule has 2 aliphatic rings. The lowest BCUT2D eigenvalue weighted by Gasteiger charge is -2.27. The minimum Gasteiger partial charge on any atom is -0.331 e. The van der Waals surface area contributed by atoms with Crippen molar-refractivity contribution >= 4 is 0 Å². The Balaban J connectivity index is 1.70. The van der Waals surface area contributed by atoms with Crippen LogP contribution in [0.1, 0.15) is 30.1 Å². The second-order valence-corrected chi connectivity index (χ2v) is 5.39. The summed E-state index contributed by atoms with van der Waals surface area (Å²) in [5.74, 6) is 1.12. The summed E-state index contributed by atoms with van der Waals surface area (Å²) in [5, 5.41) is 12.5. The van der Waals surface area contributed by atoms with E-state index in [2.05, 4.69) is 25.8 Å². The van der Waals surface area contributed by atoms with Crippen LogP contribution in [0.3, 0.4) is 0 Å². The van der Waals surface area contributed by atoms with E-state index in [0.717, 1.165) is 57.9 Å². The van der Waals surface area contributed by atoms with Crippen molar-refractivity contribution in [1.29, 1.82) is 5.26 Å². The lowest BCUT2D eigenvalue weighted by molar-refractivity contribution is 0.241. The molecule has 3 heterocycles. The molecule has 1 fully saturated rings. The van der Waals surface area contributed by atoms with E-state index in [1.807, 2.05) is 0 Å². The van der Waals surface area contributed by atoms with E-state index in [4.69, 9.17) is 0 Å². The molecule has 0 aromatic carbocycles. The van der Waals surface area contributed by atoms with Gasteiger partial charge in [0.1, 0.15) is 11.9 Å². The molecule has 0 spiro atoms. The third-order valence-corrected chi connectivity index (χ3v) is 4.16. The summed E-state index contributed by atoms with van der Waals surface area (Å²) < 4.78 is 2.30. The van der Waals surface area contributed by atoms with Crippen LogP contribution >= 0.6 is 0 Å². The fraction of sp³-hybridized carbons (Fsp3) is 0.714. The van der Waals surface area contributed by atoms with Crippen molar-refractivity contribution in [1.82, 2.24) is 19.8 Å². The lowest BCUT2D eigenvalue weighted by Crippen LogP contribution is -2.44. The molecule has 2 aliphatic heterocycles. The Hall–Kier alpha value is -1.38. The first-order valence-electron chi connectivity index (χ1n) is 7.30. The summed E-state index contributed by atoms with van der Waals surface area (Å²) in [5.41, 5.74) is 1.83. The number of nitrogens with one attached hydrogen (secondary N) is 1. The SMILES string of the molecule is N#Cc1nc(CCN2CCNCC2)n2c1CCCC2. The maximum Gasteiger partial charge on any atom is 0.161 e. The molecular formula is C14H21N5. The van der Waals surface area contributed by atoms with E-state index in [1.165, 1.54) is 18.5 Å². The van der Waals surface area contributed by atoms with Crippen LogP contribution < -0.4 is 5.32 Å². The number of hydrogen-bond donors (Lipinski definition) is 1. The van der Waals surface area contributed by atoms with Gasteiger partial charge in [-0.05, 0) is 19.3 Å². The maximum atomic E-state index is 9.18. The summed E-state index contributed by atoms with van der Waals surface area (Å²) in [6.45, 7) is 6.52. The van der Waals surface area contributed by atoms with Gasteiger partial charge in [0.2, 0.25) is 0 Å². The number of nitrogens with zero attached hydrogens (tertiary/aromatic N) is 4. The molecule has 1 aromatic heterocycles. The van der Waals surface area contributed by atoms with Crippen LogP contribution in [0.4, 0.5) is 0 Å². The molecule has 0 bridgehead atoms. The van der Waals surface area contributed by atoms with Gasteiger partial charge in [-0.15, -0.1) is 0 Å². The van der Waals surface area contributed by atoms with Crippen LogP contribution in [0.2, 0.25) is 0 Å². The predicted octanol–water partition coefficient (Wildman–Crippen LogP) is 0.539. The number of aromatic nitrogens is 2. The molecule has 0 unspecified atom stereocenters. The van der Waals surface area contributed by atoms with Gasteiger partial charge in [-0.25, -0.2) is 4.98 Å². The first-order chi connectivity index (χ1) is 9.38. The highest BCUT2D eigenvalue weighted by molar-refractivity contribution is 5.30. The molecule has 1 aromatic rings. The van der Waals surface area contributed by atoms with Crippen LogP contribution in [0.5, 0.6) is 0 Å². The number of nitriles is 1. The molecule has 0 aliphatic carbocycles. The van der Waals surface area contributed by atoms with E-state index in [-0.39, 0.29) is 0 Å². The standard InChI is InChI=1S/C14H21N5/c15-11-12-13-3-1-2-7-19(13)14(17-12)4-8-18-9-5-16-6-10-18/h16H,1-10H2. The molecule has 0 amide bonds. The van der Waals surface area contributed by atoms with Crippen LogP contribution in [0.15, 0.2) is 0 Å². The van der Waals surface area contributed by atoms with Gasteiger partial charge < -0.3 is 14.8 Å². The van der Waals surface area contributed by atoms with Gasteiger partial charge in [0.25, 0.3) is 0 Å². The molecular weight excluding hydrogens is 238 g/mol. The number of hydrogen-bond acceptors (Lipinski definition) is 4. The quantitative estimate of drug-likeness (QED) is 0.861. The van der Waals surface area contributed by atoms with Gasteiger partial charge in [-0.1, -0.05) is 0 Å². The summed E-state index contributed by atoms with van der Waals surface area (Å²) in [6, 6.07) is 2.26. The summed E-state index contributed by atoms with van der Waals surface area (Å²) in [4.78, 5) is 7.03. The van der Waals surface area contributed by atoms with Crippen molar-refractivity contribution in [3.63, 3.8) is 0 Å². The zero-order valence-corrected chi connectivity index (χ0v) is 11.4. The topological polar surface area (TPSA) is 56.9 Å². The Morgan fingerprint density at radius 2 is 2.05 bits per heavy atom. The van der Waals surface area contributed by atoms with E-state index >= 15 is 0 Å². The van der Waals surface area contributed by atoms with Crippen molar-refractivity contribution in [2.24, 2.45) is 0 Å². The number of piperazine rings is 1. The van der Waals surface area contributed by atoms with Crippen LogP contribution in [0, 0.1) is 11.3 Å². The van der Waals surface area contributed by atoms with Gasteiger partial charge in [0.15, 0.2) is 5.69 Å². The summed E-state index contributed by atoms with van der Waals surface area (Å²) in [6.07, 6.45) is 4.39. The third-order valence-electron chi connectivity index (χ3n) is 4.16. The van der Waals surface area contributed by atoms with Gasteiger partial charge in [0.05, 0.1) is 5.69 Å². The molecule has 3 rings (SSSR count). The Morgan fingerprint density at radius 1 is 1.21 bits per heavy atom. The average molecular weight is 259 g/mol.